The minimum absolute atomic E-state index is 0.126. The summed E-state index contributed by atoms with van der Waals surface area (Å²) < 4.78 is 10.8. The summed E-state index contributed by atoms with van der Waals surface area (Å²) in [5.41, 5.74) is 1.91. The van der Waals surface area contributed by atoms with Gasteiger partial charge >= 0.3 is 5.97 Å². The van der Waals surface area contributed by atoms with Gasteiger partial charge in [-0.2, -0.15) is 5.10 Å². The lowest BCUT2D eigenvalue weighted by Gasteiger charge is -2.18. The van der Waals surface area contributed by atoms with Crippen LogP contribution in [0.3, 0.4) is 0 Å². The molecule has 0 radical (unpaired) electrons. The largest absolute Gasteiger partial charge is 0.497 e. The number of carbonyl (C=O) groups excluding carboxylic acids is 2. The maximum atomic E-state index is 13.0. The van der Waals surface area contributed by atoms with Gasteiger partial charge in [0.15, 0.2) is 5.69 Å². The zero-order valence-corrected chi connectivity index (χ0v) is 16.2. The smallest absolute Gasteiger partial charge is 0.360 e. The van der Waals surface area contributed by atoms with Crippen LogP contribution in [0.4, 0.5) is 5.69 Å². The van der Waals surface area contributed by atoms with E-state index in [0.29, 0.717) is 27.9 Å². The molecular formula is C23H19N3O4. The fourth-order valence-electron chi connectivity index (χ4n) is 3.09. The standard InChI is InChI=1S/C23H19N3O4/c1-29-17-11-7-10-16(14-17)24-22(27)21(15-8-3-2-4-9-15)30-23(28)20-18-12-5-6-13-19(18)25-26-20/h2-14,21H,1H3,(H,24,27)(H,25,26). The van der Waals surface area contributed by atoms with Crippen LogP contribution >= 0.6 is 0 Å². The Morgan fingerprint density at radius 3 is 2.53 bits per heavy atom. The van der Waals surface area contributed by atoms with E-state index in [1.807, 2.05) is 18.2 Å². The Hall–Kier alpha value is -4.13. The van der Waals surface area contributed by atoms with Crippen LogP contribution < -0.4 is 10.1 Å². The predicted molar refractivity (Wildman–Crippen MR) is 112 cm³/mol. The van der Waals surface area contributed by atoms with Crippen molar-refractivity contribution in [2.75, 3.05) is 12.4 Å². The van der Waals surface area contributed by atoms with Crippen LogP contribution in [0.5, 0.6) is 5.75 Å². The number of rotatable bonds is 6. The number of nitrogens with zero attached hydrogens (tertiary/aromatic N) is 1. The van der Waals surface area contributed by atoms with Crippen LogP contribution in [0.2, 0.25) is 0 Å². The zero-order chi connectivity index (χ0) is 20.9. The maximum Gasteiger partial charge on any atom is 0.360 e. The Morgan fingerprint density at radius 2 is 1.73 bits per heavy atom. The quantitative estimate of drug-likeness (QED) is 0.474. The second-order valence-electron chi connectivity index (χ2n) is 6.54. The topological polar surface area (TPSA) is 93.3 Å². The number of aromatic nitrogens is 2. The second-order valence-corrected chi connectivity index (χ2v) is 6.54. The summed E-state index contributed by atoms with van der Waals surface area (Å²) in [5.74, 6) is -0.575. The van der Waals surface area contributed by atoms with Crippen LogP contribution in [0.15, 0.2) is 78.9 Å². The fourth-order valence-corrected chi connectivity index (χ4v) is 3.09. The van der Waals surface area contributed by atoms with E-state index in [9.17, 15) is 9.59 Å². The molecule has 2 N–H and O–H groups in total. The van der Waals surface area contributed by atoms with Crippen LogP contribution in [0, 0.1) is 0 Å². The summed E-state index contributed by atoms with van der Waals surface area (Å²) in [7, 11) is 1.55. The number of para-hydroxylation sites is 1. The van der Waals surface area contributed by atoms with Gasteiger partial charge in [0, 0.05) is 22.7 Å². The molecule has 0 fully saturated rings. The molecule has 1 unspecified atom stereocenters. The molecule has 7 heteroatoms. The molecule has 3 aromatic carbocycles. The lowest BCUT2D eigenvalue weighted by molar-refractivity contribution is -0.125. The Balaban J connectivity index is 1.61. The molecule has 150 valence electrons. The first-order valence-electron chi connectivity index (χ1n) is 9.29. The predicted octanol–water partition coefficient (Wildman–Crippen LogP) is 4.11. The first-order valence-corrected chi connectivity index (χ1v) is 9.29. The van der Waals surface area contributed by atoms with Crippen molar-refractivity contribution in [3.8, 4) is 5.75 Å². The minimum Gasteiger partial charge on any atom is -0.497 e. The van der Waals surface area contributed by atoms with Crippen molar-refractivity contribution < 1.29 is 19.1 Å². The van der Waals surface area contributed by atoms with Crippen LogP contribution in [0.25, 0.3) is 10.9 Å². The third-order valence-electron chi connectivity index (χ3n) is 4.57. The first kappa shape index (κ1) is 19.2. The summed E-state index contributed by atoms with van der Waals surface area (Å²) >= 11 is 0. The van der Waals surface area contributed by atoms with Gasteiger partial charge in [0.25, 0.3) is 5.91 Å². The average molecular weight is 401 g/mol. The van der Waals surface area contributed by atoms with Crippen LogP contribution in [-0.2, 0) is 9.53 Å². The van der Waals surface area contributed by atoms with E-state index in [1.165, 1.54) is 0 Å². The number of aromatic amines is 1. The summed E-state index contributed by atoms with van der Waals surface area (Å²) in [6.45, 7) is 0. The number of amides is 1. The number of hydrogen-bond donors (Lipinski definition) is 2. The van der Waals surface area contributed by atoms with Crippen molar-refractivity contribution in [3.05, 3.63) is 90.1 Å². The molecule has 1 atom stereocenters. The first-order chi connectivity index (χ1) is 14.7. The van der Waals surface area contributed by atoms with Gasteiger partial charge in [0.05, 0.1) is 12.6 Å². The van der Waals surface area contributed by atoms with Gasteiger partial charge in [-0.15, -0.1) is 0 Å². The van der Waals surface area contributed by atoms with E-state index in [0.717, 1.165) is 0 Å². The van der Waals surface area contributed by atoms with E-state index in [4.69, 9.17) is 9.47 Å². The summed E-state index contributed by atoms with van der Waals surface area (Å²) in [6.07, 6.45) is -1.15. The monoisotopic (exact) mass is 401 g/mol. The van der Waals surface area contributed by atoms with Crippen molar-refractivity contribution in [3.63, 3.8) is 0 Å². The number of carbonyl (C=O) groups is 2. The van der Waals surface area contributed by atoms with Crippen molar-refractivity contribution in [1.82, 2.24) is 10.2 Å². The van der Waals surface area contributed by atoms with Crippen LogP contribution in [-0.4, -0.2) is 29.2 Å². The third kappa shape index (κ3) is 4.00. The number of H-pyrrole nitrogens is 1. The molecule has 1 amide bonds. The molecule has 0 aliphatic carbocycles. The van der Waals surface area contributed by atoms with Gasteiger partial charge in [-0.1, -0.05) is 54.6 Å². The Morgan fingerprint density at radius 1 is 0.967 bits per heavy atom. The van der Waals surface area contributed by atoms with Gasteiger partial charge in [-0.05, 0) is 18.2 Å². The molecule has 4 aromatic rings. The summed E-state index contributed by atoms with van der Waals surface area (Å²) in [5, 5.41) is 10.3. The number of methoxy groups -OCH3 is 1. The number of nitrogens with one attached hydrogen (secondary N) is 2. The molecule has 0 saturated carbocycles. The lowest BCUT2D eigenvalue weighted by atomic mass is 10.1. The highest BCUT2D eigenvalue weighted by molar-refractivity contribution is 6.03. The highest BCUT2D eigenvalue weighted by atomic mass is 16.5. The average Bonchev–Trinajstić information content (AvgIpc) is 3.22. The number of fused-ring (bicyclic) bond motifs is 1. The summed E-state index contributed by atoms with van der Waals surface area (Å²) in [6, 6.07) is 23.0. The molecule has 0 spiro atoms. The molecule has 0 bridgehead atoms. The van der Waals surface area contributed by atoms with E-state index in [-0.39, 0.29) is 5.69 Å². The molecule has 0 aliphatic heterocycles. The number of ether oxygens (including phenoxy) is 2. The fraction of sp³-hybridized carbons (Fsp3) is 0.0870. The lowest BCUT2D eigenvalue weighted by Crippen LogP contribution is -2.26. The van der Waals surface area contributed by atoms with Crippen molar-refractivity contribution in [2.45, 2.75) is 6.10 Å². The Bertz CT molecular complexity index is 1190. The molecule has 4 rings (SSSR count). The second kappa shape index (κ2) is 8.48. The molecule has 7 nitrogen and oxygen atoms in total. The highest BCUT2D eigenvalue weighted by Crippen LogP contribution is 2.24. The van der Waals surface area contributed by atoms with E-state index in [2.05, 4.69) is 15.5 Å². The molecule has 0 saturated heterocycles. The van der Waals surface area contributed by atoms with Gasteiger partial charge in [-0.25, -0.2) is 4.79 Å². The minimum atomic E-state index is -1.15. The van der Waals surface area contributed by atoms with E-state index in [1.54, 1.807) is 67.8 Å². The summed E-state index contributed by atoms with van der Waals surface area (Å²) in [4.78, 5) is 25.9. The molecular weight excluding hydrogens is 382 g/mol. The van der Waals surface area contributed by atoms with Crippen molar-refractivity contribution in [2.24, 2.45) is 0 Å². The molecule has 1 heterocycles. The van der Waals surface area contributed by atoms with Crippen molar-refractivity contribution in [1.29, 1.82) is 0 Å². The van der Waals surface area contributed by atoms with E-state index < -0.39 is 18.0 Å². The zero-order valence-electron chi connectivity index (χ0n) is 16.2. The van der Waals surface area contributed by atoms with Gasteiger partial charge in [0.2, 0.25) is 6.10 Å². The Kier molecular flexibility index (Phi) is 5.43. The molecule has 1 aromatic heterocycles. The number of benzene rings is 3. The van der Waals surface area contributed by atoms with Gasteiger partial charge in [0.1, 0.15) is 5.75 Å². The Labute approximate surface area is 172 Å². The molecule has 30 heavy (non-hydrogen) atoms. The maximum absolute atomic E-state index is 13.0. The third-order valence-corrected chi connectivity index (χ3v) is 4.57. The number of hydrogen-bond acceptors (Lipinski definition) is 5. The van der Waals surface area contributed by atoms with Crippen molar-refractivity contribution >= 4 is 28.5 Å². The highest BCUT2D eigenvalue weighted by Gasteiger charge is 2.27. The number of anilines is 1. The normalized spacial score (nSPS) is 11.6. The van der Waals surface area contributed by atoms with Crippen LogP contribution in [0.1, 0.15) is 22.2 Å². The SMILES string of the molecule is COc1cccc(NC(=O)C(OC(=O)c2n[nH]c3ccccc23)c2ccccc2)c1. The van der Waals surface area contributed by atoms with Gasteiger partial charge in [-0.3, -0.25) is 9.89 Å². The van der Waals surface area contributed by atoms with E-state index >= 15 is 0 Å². The van der Waals surface area contributed by atoms with Gasteiger partial charge < -0.3 is 14.8 Å². The molecule has 0 aliphatic rings. The number of esters is 1.